The Morgan fingerprint density at radius 1 is 1.17 bits per heavy atom. The van der Waals surface area contributed by atoms with Crippen molar-refractivity contribution in [3.8, 4) is 0 Å². The first-order valence-electron chi connectivity index (χ1n) is 8.13. The largest absolute Gasteiger partial charge is 0.363 e. The van der Waals surface area contributed by atoms with Gasteiger partial charge in [0.05, 0.1) is 5.69 Å². The average molecular weight is 336 g/mol. The molecule has 1 heterocycles. The summed E-state index contributed by atoms with van der Waals surface area (Å²) in [4.78, 5) is 2.04. The van der Waals surface area contributed by atoms with Crippen molar-refractivity contribution in [3.05, 3.63) is 46.7 Å². The molecule has 1 N–H and O–H groups in total. The highest BCUT2D eigenvalue weighted by atomic mass is 19.2. The van der Waals surface area contributed by atoms with E-state index in [-0.39, 0.29) is 6.04 Å². The van der Waals surface area contributed by atoms with Gasteiger partial charge in [0.2, 0.25) is 0 Å². The number of hydrogen-bond acceptors (Lipinski definition) is 3. The Bertz CT molecular complexity index is 707. The summed E-state index contributed by atoms with van der Waals surface area (Å²) in [7, 11) is 5.91. The smallest absolute Gasteiger partial charge is 0.159 e. The number of aryl methyl sites for hydroxylation is 1. The molecule has 1 aromatic heterocycles. The van der Waals surface area contributed by atoms with Crippen molar-refractivity contribution in [2.24, 2.45) is 7.05 Å². The topological polar surface area (TPSA) is 33.1 Å². The van der Waals surface area contributed by atoms with Crippen LogP contribution in [0, 0.1) is 11.6 Å². The van der Waals surface area contributed by atoms with E-state index < -0.39 is 11.6 Å². The van der Waals surface area contributed by atoms with E-state index in [1.807, 2.05) is 37.6 Å². The highest BCUT2D eigenvalue weighted by Crippen LogP contribution is 2.28. The first kappa shape index (κ1) is 18.4. The third-order valence-electron chi connectivity index (χ3n) is 4.14. The molecular formula is C18H26F2N4. The summed E-state index contributed by atoms with van der Waals surface area (Å²) in [5, 5.41) is 8.03. The lowest BCUT2D eigenvalue weighted by atomic mass is 10.0. The molecule has 1 atom stereocenters. The number of halogens is 2. The molecule has 0 aliphatic heterocycles. The average Bonchev–Trinajstić information content (AvgIpc) is 2.84. The lowest BCUT2D eigenvalue weighted by molar-refractivity contribution is 0.500. The van der Waals surface area contributed by atoms with Gasteiger partial charge in [0.25, 0.3) is 0 Å². The van der Waals surface area contributed by atoms with E-state index in [0.717, 1.165) is 28.7 Å². The summed E-state index contributed by atoms with van der Waals surface area (Å²) in [5.74, 6) is -0.293. The molecule has 0 spiro atoms. The fourth-order valence-electron chi connectivity index (χ4n) is 2.93. The van der Waals surface area contributed by atoms with E-state index in [1.54, 1.807) is 6.07 Å². The molecule has 2 aromatic rings. The van der Waals surface area contributed by atoms with Crippen molar-refractivity contribution >= 4 is 5.82 Å². The summed E-state index contributed by atoms with van der Waals surface area (Å²) >= 11 is 0. The van der Waals surface area contributed by atoms with Gasteiger partial charge in [-0.15, -0.1) is 0 Å². The lowest BCUT2D eigenvalue weighted by Crippen LogP contribution is -2.22. The zero-order valence-corrected chi connectivity index (χ0v) is 15.2. The SMILES string of the molecule is CC(C)c1nn(C)c(N(C)C)c1CN[C@H](C)c1ccc(F)c(F)c1. The van der Waals surface area contributed by atoms with Gasteiger partial charge in [0.1, 0.15) is 5.82 Å². The van der Waals surface area contributed by atoms with Crippen LogP contribution in [0.3, 0.4) is 0 Å². The van der Waals surface area contributed by atoms with Gasteiger partial charge in [-0.1, -0.05) is 19.9 Å². The Balaban J connectivity index is 2.23. The second kappa shape index (κ2) is 7.30. The minimum atomic E-state index is -0.824. The maximum atomic E-state index is 13.4. The van der Waals surface area contributed by atoms with Crippen LogP contribution in [0.4, 0.5) is 14.6 Å². The number of benzene rings is 1. The minimum absolute atomic E-state index is 0.102. The third-order valence-corrected chi connectivity index (χ3v) is 4.14. The van der Waals surface area contributed by atoms with Crippen LogP contribution in [0.1, 0.15) is 49.6 Å². The Kier molecular flexibility index (Phi) is 5.59. The van der Waals surface area contributed by atoms with Gasteiger partial charge < -0.3 is 10.2 Å². The monoisotopic (exact) mass is 336 g/mol. The predicted molar refractivity (Wildman–Crippen MR) is 93.2 cm³/mol. The van der Waals surface area contributed by atoms with Crippen molar-refractivity contribution in [2.45, 2.75) is 39.3 Å². The highest BCUT2D eigenvalue weighted by molar-refractivity contribution is 5.50. The number of anilines is 1. The molecule has 0 amide bonds. The van der Waals surface area contributed by atoms with Gasteiger partial charge in [0, 0.05) is 39.3 Å². The first-order valence-corrected chi connectivity index (χ1v) is 8.13. The van der Waals surface area contributed by atoms with E-state index >= 15 is 0 Å². The van der Waals surface area contributed by atoms with E-state index in [4.69, 9.17) is 0 Å². The number of rotatable bonds is 6. The second-order valence-corrected chi connectivity index (χ2v) is 6.64. The molecule has 0 saturated heterocycles. The van der Waals surface area contributed by atoms with Crippen molar-refractivity contribution in [1.82, 2.24) is 15.1 Å². The Labute approximate surface area is 142 Å². The van der Waals surface area contributed by atoms with Crippen LogP contribution in [0.25, 0.3) is 0 Å². The summed E-state index contributed by atoms with van der Waals surface area (Å²) < 4.78 is 28.4. The Hall–Kier alpha value is -1.95. The molecule has 0 saturated carbocycles. The van der Waals surface area contributed by atoms with Crippen molar-refractivity contribution in [3.63, 3.8) is 0 Å². The van der Waals surface area contributed by atoms with Crippen LogP contribution in [-0.4, -0.2) is 23.9 Å². The van der Waals surface area contributed by atoms with Gasteiger partial charge in [-0.3, -0.25) is 4.68 Å². The zero-order valence-electron chi connectivity index (χ0n) is 15.2. The normalized spacial score (nSPS) is 12.7. The molecule has 4 nitrogen and oxygen atoms in total. The molecule has 0 aliphatic rings. The van der Waals surface area contributed by atoms with Gasteiger partial charge >= 0.3 is 0 Å². The molecule has 0 bridgehead atoms. The third kappa shape index (κ3) is 3.75. The lowest BCUT2D eigenvalue weighted by Gasteiger charge is -2.19. The summed E-state index contributed by atoms with van der Waals surface area (Å²) in [6.45, 7) is 6.77. The second-order valence-electron chi connectivity index (χ2n) is 6.64. The quantitative estimate of drug-likeness (QED) is 0.872. The van der Waals surface area contributed by atoms with Crippen LogP contribution < -0.4 is 10.2 Å². The van der Waals surface area contributed by atoms with Crippen molar-refractivity contribution in [2.75, 3.05) is 19.0 Å². The molecule has 0 aliphatic carbocycles. The first-order chi connectivity index (χ1) is 11.2. The number of nitrogens with one attached hydrogen (secondary N) is 1. The minimum Gasteiger partial charge on any atom is -0.363 e. The maximum Gasteiger partial charge on any atom is 0.159 e. The molecular weight excluding hydrogens is 310 g/mol. The molecule has 0 fully saturated rings. The van der Waals surface area contributed by atoms with Crippen LogP contribution in [0.15, 0.2) is 18.2 Å². The zero-order chi connectivity index (χ0) is 18.0. The summed E-state index contributed by atoms with van der Waals surface area (Å²) in [5.41, 5.74) is 2.90. The van der Waals surface area contributed by atoms with Gasteiger partial charge in [-0.2, -0.15) is 5.10 Å². The van der Waals surface area contributed by atoms with Crippen LogP contribution in [-0.2, 0) is 13.6 Å². The molecule has 2 rings (SSSR count). The highest BCUT2D eigenvalue weighted by Gasteiger charge is 2.20. The number of nitrogens with zero attached hydrogens (tertiary/aromatic N) is 3. The molecule has 0 radical (unpaired) electrons. The van der Waals surface area contributed by atoms with Crippen LogP contribution >= 0.6 is 0 Å². The molecule has 1 aromatic carbocycles. The Morgan fingerprint density at radius 2 is 1.83 bits per heavy atom. The van der Waals surface area contributed by atoms with Crippen molar-refractivity contribution < 1.29 is 8.78 Å². The maximum absolute atomic E-state index is 13.4. The van der Waals surface area contributed by atoms with Gasteiger partial charge in [-0.05, 0) is 30.5 Å². The van der Waals surface area contributed by atoms with Crippen LogP contribution in [0.2, 0.25) is 0 Å². The van der Waals surface area contributed by atoms with E-state index in [1.165, 1.54) is 6.07 Å². The fourth-order valence-corrected chi connectivity index (χ4v) is 2.93. The predicted octanol–water partition coefficient (Wildman–Crippen LogP) is 3.74. The molecule has 24 heavy (non-hydrogen) atoms. The Morgan fingerprint density at radius 3 is 2.38 bits per heavy atom. The number of aromatic nitrogens is 2. The van der Waals surface area contributed by atoms with Gasteiger partial charge in [0.15, 0.2) is 11.6 Å². The molecule has 6 heteroatoms. The van der Waals surface area contributed by atoms with E-state index in [0.29, 0.717) is 12.5 Å². The van der Waals surface area contributed by atoms with Gasteiger partial charge in [-0.25, -0.2) is 8.78 Å². The van der Waals surface area contributed by atoms with Crippen molar-refractivity contribution in [1.29, 1.82) is 0 Å². The molecule has 132 valence electrons. The fraction of sp³-hybridized carbons (Fsp3) is 0.500. The van der Waals surface area contributed by atoms with E-state index in [2.05, 4.69) is 24.3 Å². The van der Waals surface area contributed by atoms with E-state index in [9.17, 15) is 8.78 Å². The summed E-state index contributed by atoms with van der Waals surface area (Å²) in [6.07, 6.45) is 0. The summed E-state index contributed by atoms with van der Waals surface area (Å²) in [6, 6.07) is 3.91. The molecule has 0 unspecified atom stereocenters. The van der Waals surface area contributed by atoms with Crippen LogP contribution in [0.5, 0.6) is 0 Å². The standard InChI is InChI=1S/C18H26F2N4/c1-11(2)17-14(18(23(4)5)24(6)22-17)10-21-12(3)13-7-8-15(19)16(20)9-13/h7-9,11-12,21H,10H2,1-6H3/t12-/m1/s1. The number of hydrogen-bond donors (Lipinski definition) is 1.